The molecule has 2 fully saturated rings. The lowest BCUT2D eigenvalue weighted by atomic mass is 9.92. The Morgan fingerprint density at radius 1 is 1.12 bits per heavy atom. The summed E-state index contributed by atoms with van der Waals surface area (Å²) in [5, 5.41) is 6.54. The minimum atomic E-state index is -4.13. The maximum absolute atomic E-state index is 12.5. The topological polar surface area (TPSA) is 42.9 Å². The van der Waals surface area contributed by atoms with Gasteiger partial charge in [-0.3, -0.25) is 9.89 Å². The Morgan fingerprint density at radius 2 is 1.81 bits per heavy atom. The second-order valence-corrected chi connectivity index (χ2v) is 8.04. The molecule has 0 aromatic rings. The van der Waals surface area contributed by atoms with E-state index in [0.29, 0.717) is 25.5 Å². The van der Waals surface area contributed by atoms with Crippen molar-refractivity contribution in [2.45, 2.75) is 45.3 Å². The van der Waals surface area contributed by atoms with Crippen molar-refractivity contribution in [2.24, 2.45) is 16.8 Å². The molecule has 2 aliphatic rings. The molecule has 0 aliphatic carbocycles. The van der Waals surface area contributed by atoms with E-state index in [1.165, 1.54) is 24.4 Å². The van der Waals surface area contributed by atoms with E-state index in [1.54, 1.807) is 7.05 Å². The summed E-state index contributed by atoms with van der Waals surface area (Å²) in [4.78, 5) is 8.18. The first-order valence-electron chi connectivity index (χ1n) is 9.74. The molecule has 152 valence electrons. The van der Waals surface area contributed by atoms with Crippen LogP contribution in [0.15, 0.2) is 4.99 Å². The summed E-state index contributed by atoms with van der Waals surface area (Å²) in [6.07, 6.45) is -1.07. The van der Waals surface area contributed by atoms with Crippen molar-refractivity contribution >= 4 is 5.96 Å². The minimum Gasteiger partial charge on any atom is -0.356 e. The van der Waals surface area contributed by atoms with Gasteiger partial charge in [-0.15, -0.1) is 0 Å². The van der Waals surface area contributed by atoms with Gasteiger partial charge < -0.3 is 15.5 Å². The van der Waals surface area contributed by atoms with Gasteiger partial charge in [-0.05, 0) is 37.6 Å². The first-order valence-corrected chi connectivity index (χ1v) is 9.74. The number of aliphatic imine (C=N–C) groups is 1. The zero-order valence-electron chi connectivity index (χ0n) is 16.3. The average Bonchev–Trinajstić information content (AvgIpc) is 2.94. The van der Waals surface area contributed by atoms with Crippen LogP contribution in [0.3, 0.4) is 0 Å². The third-order valence-electron chi connectivity index (χ3n) is 5.13. The fraction of sp³-hybridized carbons (Fsp3) is 0.944. The van der Waals surface area contributed by atoms with Crippen LogP contribution in [0.25, 0.3) is 0 Å². The number of hydrogen-bond donors (Lipinski definition) is 2. The van der Waals surface area contributed by atoms with E-state index >= 15 is 0 Å². The average molecular weight is 377 g/mol. The number of piperidine rings is 1. The number of halogens is 3. The molecule has 3 unspecified atom stereocenters. The van der Waals surface area contributed by atoms with E-state index in [2.05, 4.69) is 34.4 Å². The molecule has 2 N–H and O–H groups in total. The maximum Gasteiger partial charge on any atom is 0.401 e. The fourth-order valence-corrected chi connectivity index (χ4v) is 4.22. The Kier molecular flexibility index (Phi) is 8.01. The van der Waals surface area contributed by atoms with Gasteiger partial charge in [0, 0.05) is 45.8 Å². The summed E-state index contributed by atoms with van der Waals surface area (Å²) in [7, 11) is 1.70. The molecule has 8 heteroatoms. The van der Waals surface area contributed by atoms with Crippen LogP contribution >= 0.6 is 0 Å². The van der Waals surface area contributed by atoms with E-state index in [9.17, 15) is 13.2 Å². The van der Waals surface area contributed by atoms with Crippen molar-refractivity contribution in [1.29, 1.82) is 0 Å². The van der Waals surface area contributed by atoms with Crippen LogP contribution in [-0.2, 0) is 0 Å². The van der Waals surface area contributed by atoms with Gasteiger partial charge in [0.05, 0.1) is 6.54 Å². The highest BCUT2D eigenvalue weighted by molar-refractivity contribution is 5.79. The standard InChI is InChI=1S/C18H34F3N5/c1-14-9-15(2)11-25(10-14)7-4-6-23-17(22-3)24-16-5-8-26(12-16)13-18(19,20)21/h14-16H,4-13H2,1-3H3,(H2,22,23,24). The Bertz CT molecular complexity index is 445. The van der Waals surface area contributed by atoms with Crippen molar-refractivity contribution < 1.29 is 13.2 Å². The molecular weight excluding hydrogens is 343 g/mol. The first-order chi connectivity index (χ1) is 12.2. The van der Waals surface area contributed by atoms with Gasteiger partial charge in [-0.25, -0.2) is 0 Å². The van der Waals surface area contributed by atoms with E-state index in [1.807, 2.05) is 0 Å². The maximum atomic E-state index is 12.5. The Hall–Kier alpha value is -1.02. The lowest BCUT2D eigenvalue weighted by molar-refractivity contribution is -0.143. The highest BCUT2D eigenvalue weighted by atomic mass is 19.4. The predicted molar refractivity (Wildman–Crippen MR) is 99.4 cm³/mol. The molecule has 0 amide bonds. The van der Waals surface area contributed by atoms with Crippen LogP contribution in [0.1, 0.15) is 33.1 Å². The van der Waals surface area contributed by atoms with E-state index in [4.69, 9.17) is 0 Å². The third kappa shape index (κ3) is 7.70. The lowest BCUT2D eigenvalue weighted by Crippen LogP contribution is -2.46. The molecule has 2 heterocycles. The second kappa shape index (κ2) is 9.78. The van der Waals surface area contributed by atoms with Crippen molar-refractivity contribution in [3.8, 4) is 0 Å². The largest absolute Gasteiger partial charge is 0.401 e. The molecule has 2 rings (SSSR count). The Morgan fingerprint density at radius 3 is 2.42 bits per heavy atom. The Labute approximate surface area is 155 Å². The summed E-state index contributed by atoms with van der Waals surface area (Å²) in [6, 6.07) is 0.0207. The first kappa shape index (κ1) is 21.3. The Balaban J connectivity index is 1.62. The summed E-state index contributed by atoms with van der Waals surface area (Å²) in [5.41, 5.74) is 0. The molecule has 26 heavy (non-hydrogen) atoms. The van der Waals surface area contributed by atoms with Crippen LogP contribution < -0.4 is 10.6 Å². The van der Waals surface area contributed by atoms with Crippen LogP contribution in [0.4, 0.5) is 13.2 Å². The van der Waals surface area contributed by atoms with Crippen molar-refractivity contribution in [1.82, 2.24) is 20.4 Å². The van der Waals surface area contributed by atoms with Crippen molar-refractivity contribution in [2.75, 3.05) is 52.9 Å². The van der Waals surface area contributed by atoms with E-state index in [-0.39, 0.29) is 6.04 Å². The van der Waals surface area contributed by atoms with Crippen LogP contribution in [0, 0.1) is 11.8 Å². The van der Waals surface area contributed by atoms with Crippen LogP contribution in [-0.4, -0.2) is 80.8 Å². The molecule has 0 aromatic carbocycles. The minimum absolute atomic E-state index is 0.0207. The van der Waals surface area contributed by atoms with Gasteiger partial charge in [0.15, 0.2) is 5.96 Å². The summed E-state index contributed by atoms with van der Waals surface area (Å²) < 4.78 is 37.4. The quantitative estimate of drug-likeness (QED) is 0.423. The van der Waals surface area contributed by atoms with Gasteiger partial charge in [-0.2, -0.15) is 13.2 Å². The smallest absolute Gasteiger partial charge is 0.356 e. The summed E-state index contributed by atoms with van der Waals surface area (Å²) in [5.74, 6) is 2.22. The number of likely N-dealkylation sites (tertiary alicyclic amines) is 2. The summed E-state index contributed by atoms with van der Waals surface area (Å²) in [6.45, 7) is 8.92. The fourth-order valence-electron chi connectivity index (χ4n) is 4.22. The highest BCUT2D eigenvalue weighted by Gasteiger charge is 2.34. The molecule has 0 radical (unpaired) electrons. The number of nitrogens with one attached hydrogen (secondary N) is 2. The molecule has 0 saturated carbocycles. The van der Waals surface area contributed by atoms with Crippen LogP contribution in [0.5, 0.6) is 0 Å². The van der Waals surface area contributed by atoms with Gasteiger partial charge in [0.25, 0.3) is 0 Å². The second-order valence-electron chi connectivity index (χ2n) is 8.04. The third-order valence-corrected chi connectivity index (χ3v) is 5.13. The molecule has 2 saturated heterocycles. The number of rotatable bonds is 6. The monoisotopic (exact) mass is 377 g/mol. The molecular formula is C18H34F3N5. The molecule has 2 aliphatic heterocycles. The SMILES string of the molecule is CN=C(NCCCN1CC(C)CC(C)C1)NC1CCN(CC(F)(F)F)C1. The van der Waals surface area contributed by atoms with Crippen molar-refractivity contribution in [3.05, 3.63) is 0 Å². The molecule has 0 bridgehead atoms. The number of nitrogens with zero attached hydrogens (tertiary/aromatic N) is 3. The van der Waals surface area contributed by atoms with Gasteiger partial charge >= 0.3 is 6.18 Å². The van der Waals surface area contributed by atoms with Gasteiger partial charge in [-0.1, -0.05) is 13.8 Å². The number of guanidine groups is 1. The van der Waals surface area contributed by atoms with E-state index in [0.717, 1.165) is 31.3 Å². The summed E-state index contributed by atoms with van der Waals surface area (Å²) >= 11 is 0. The van der Waals surface area contributed by atoms with Crippen LogP contribution in [0.2, 0.25) is 0 Å². The van der Waals surface area contributed by atoms with E-state index < -0.39 is 12.7 Å². The van der Waals surface area contributed by atoms with Crippen molar-refractivity contribution in [3.63, 3.8) is 0 Å². The molecule has 3 atom stereocenters. The highest BCUT2D eigenvalue weighted by Crippen LogP contribution is 2.21. The predicted octanol–water partition coefficient (Wildman–Crippen LogP) is 2.16. The van der Waals surface area contributed by atoms with Gasteiger partial charge in [0.1, 0.15) is 0 Å². The molecule has 0 spiro atoms. The number of hydrogen-bond acceptors (Lipinski definition) is 3. The normalized spacial score (nSPS) is 29.2. The molecule has 0 aromatic heterocycles. The zero-order valence-corrected chi connectivity index (χ0v) is 16.3. The lowest BCUT2D eigenvalue weighted by Gasteiger charge is -2.35. The zero-order chi connectivity index (χ0) is 19.2. The van der Waals surface area contributed by atoms with Gasteiger partial charge in [0.2, 0.25) is 0 Å². The number of alkyl halides is 3. The molecule has 5 nitrogen and oxygen atoms in total.